The molecular formula is C39H47N3O7. The topological polar surface area (TPSA) is 117 Å². The number of amides is 3. The monoisotopic (exact) mass is 669 g/mol. The molecule has 1 N–H and O–H groups in total. The lowest BCUT2D eigenvalue weighted by Crippen LogP contribution is -2.58. The number of hydrogen-bond donors (Lipinski definition) is 1. The van der Waals surface area contributed by atoms with Gasteiger partial charge in [0.25, 0.3) is 0 Å². The first-order chi connectivity index (χ1) is 23.7. The first kappa shape index (κ1) is 34.6. The van der Waals surface area contributed by atoms with Crippen LogP contribution in [-0.2, 0) is 35.1 Å². The van der Waals surface area contributed by atoms with Gasteiger partial charge in [0.2, 0.25) is 17.7 Å². The van der Waals surface area contributed by atoms with Gasteiger partial charge >= 0.3 is 5.97 Å². The summed E-state index contributed by atoms with van der Waals surface area (Å²) in [6, 6.07) is 16.5. The molecule has 10 nitrogen and oxygen atoms in total. The van der Waals surface area contributed by atoms with Crippen LogP contribution in [0.15, 0.2) is 85.0 Å². The fourth-order valence-electron chi connectivity index (χ4n) is 7.95. The number of hydrogen-bond acceptors (Lipinski definition) is 7. The molecule has 0 radical (unpaired) electrons. The number of nitrogens with zero attached hydrogens (tertiary/aromatic N) is 3. The summed E-state index contributed by atoms with van der Waals surface area (Å²) in [7, 11) is 1.71. The Kier molecular flexibility index (Phi) is 10.4. The van der Waals surface area contributed by atoms with E-state index in [-0.39, 0.29) is 24.8 Å². The molecule has 4 aliphatic rings. The number of rotatable bonds is 8. The van der Waals surface area contributed by atoms with E-state index in [1.54, 1.807) is 22.9 Å². The second-order valence-electron chi connectivity index (χ2n) is 13.6. The number of aliphatic hydroxyl groups is 1. The molecule has 0 unspecified atom stereocenters. The number of allylic oxidation sites excluding steroid dienone is 1. The number of unbranched alkanes of at least 4 members (excludes halogenated alkanes) is 1. The summed E-state index contributed by atoms with van der Waals surface area (Å²) < 4.78 is 13.2. The number of esters is 1. The zero-order valence-corrected chi connectivity index (χ0v) is 28.5. The highest BCUT2D eigenvalue weighted by Gasteiger charge is 2.72. The van der Waals surface area contributed by atoms with Crippen molar-refractivity contribution in [2.24, 2.45) is 11.8 Å². The highest BCUT2D eigenvalue weighted by molar-refractivity contribution is 5.99. The van der Waals surface area contributed by atoms with Crippen molar-refractivity contribution in [3.8, 4) is 0 Å². The minimum Gasteiger partial charge on any atom is -0.455 e. The molecule has 0 aliphatic carbocycles. The molecule has 2 saturated heterocycles. The van der Waals surface area contributed by atoms with E-state index in [0.717, 1.165) is 24.0 Å². The van der Waals surface area contributed by atoms with E-state index in [1.807, 2.05) is 85.8 Å². The van der Waals surface area contributed by atoms with E-state index in [0.29, 0.717) is 25.9 Å². The first-order valence-corrected chi connectivity index (χ1v) is 17.5. The Morgan fingerprint density at radius 1 is 0.980 bits per heavy atom. The van der Waals surface area contributed by atoms with Crippen LogP contribution in [0.3, 0.4) is 0 Å². The number of cyclic esters (lactones) is 1. The molecular weight excluding hydrogens is 622 g/mol. The van der Waals surface area contributed by atoms with Gasteiger partial charge in [-0.3, -0.25) is 19.2 Å². The standard InChI is InChI=1S/C39H47N3O7/c1-4-5-22-41-23-14-21-39-33(36(45)42(35(39)37(41)46)29(25-43)24-27-15-8-6-9-16-27)32-30(49-39)19-12-13-20-31(44)40(3)26(2)34(48-38(32)47)28-17-10-7-11-18-28/h6-12,14-19,21,26,29-30,32-35,43H,4-5,13,20,22-25H2,1-3H3/b19-12-/t26-,29-,30-,32+,33+,34+,35-,39+/m1/s1. The third-order valence-corrected chi connectivity index (χ3v) is 10.7. The number of likely N-dealkylation sites (N-methyl/N-ethyl adjacent to an activating group) is 1. The van der Waals surface area contributed by atoms with Gasteiger partial charge in [0.15, 0.2) is 0 Å². The minimum absolute atomic E-state index is 0.0853. The van der Waals surface area contributed by atoms with E-state index < -0.39 is 59.6 Å². The predicted molar refractivity (Wildman–Crippen MR) is 183 cm³/mol. The number of likely N-dealkylation sites (tertiary alicyclic amines) is 1. The van der Waals surface area contributed by atoms with Crippen LogP contribution in [0.4, 0.5) is 0 Å². The molecule has 2 aromatic carbocycles. The zero-order chi connectivity index (χ0) is 34.7. The van der Waals surface area contributed by atoms with Crippen molar-refractivity contribution in [2.75, 3.05) is 26.7 Å². The Hall–Kier alpha value is -4.28. The lowest BCUT2D eigenvalue weighted by molar-refractivity contribution is -0.164. The maximum absolute atomic E-state index is 14.9. The van der Waals surface area contributed by atoms with Crippen LogP contribution in [-0.4, -0.2) is 100 Å². The van der Waals surface area contributed by atoms with E-state index in [1.165, 1.54) is 4.90 Å². The lowest BCUT2D eigenvalue weighted by atomic mass is 9.77. The summed E-state index contributed by atoms with van der Waals surface area (Å²) in [5.41, 5.74) is 0.154. The summed E-state index contributed by atoms with van der Waals surface area (Å²) in [5, 5.41) is 10.8. The average molecular weight is 670 g/mol. The summed E-state index contributed by atoms with van der Waals surface area (Å²) in [5.74, 6) is -3.56. The van der Waals surface area contributed by atoms with Gasteiger partial charge in [0.05, 0.1) is 30.7 Å². The van der Waals surface area contributed by atoms with Crippen molar-refractivity contribution >= 4 is 23.7 Å². The Morgan fingerprint density at radius 2 is 1.69 bits per heavy atom. The summed E-state index contributed by atoms with van der Waals surface area (Å²) >= 11 is 0. The Morgan fingerprint density at radius 3 is 2.39 bits per heavy atom. The fourth-order valence-corrected chi connectivity index (χ4v) is 7.95. The maximum atomic E-state index is 14.9. The summed E-state index contributed by atoms with van der Waals surface area (Å²) in [6.07, 6.45) is 8.20. The van der Waals surface area contributed by atoms with Crippen molar-refractivity contribution in [3.63, 3.8) is 0 Å². The van der Waals surface area contributed by atoms with E-state index >= 15 is 0 Å². The van der Waals surface area contributed by atoms with E-state index in [9.17, 15) is 24.3 Å². The largest absolute Gasteiger partial charge is 0.455 e. The van der Waals surface area contributed by atoms with Crippen LogP contribution in [0, 0.1) is 11.8 Å². The molecule has 10 heteroatoms. The van der Waals surface area contributed by atoms with Crippen molar-refractivity contribution in [1.82, 2.24) is 14.7 Å². The molecule has 8 atom stereocenters. The van der Waals surface area contributed by atoms with E-state index in [2.05, 4.69) is 6.92 Å². The van der Waals surface area contributed by atoms with Gasteiger partial charge in [-0.15, -0.1) is 0 Å². The number of fused-ring (bicyclic) bond motifs is 2. The Bertz CT molecular complexity index is 1580. The predicted octanol–water partition coefficient (Wildman–Crippen LogP) is 3.85. The van der Waals surface area contributed by atoms with Gasteiger partial charge in [0.1, 0.15) is 23.7 Å². The van der Waals surface area contributed by atoms with Crippen molar-refractivity contribution in [3.05, 3.63) is 96.1 Å². The minimum atomic E-state index is -1.47. The van der Waals surface area contributed by atoms with Crippen LogP contribution in [0.1, 0.15) is 56.8 Å². The molecule has 0 bridgehead atoms. The molecule has 4 aliphatic heterocycles. The van der Waals surface area contributed by atoms with Crippen LogP contribution in [0.25, 0.3) is 0 Å². The van der Waals surface area contributed by atoms with Gasteiger partial charge in [0, 0.05) is 26.6 Å². The van der Waals surface area contributed by atoms with Crippen LogP contribution in [0.2, 0.25) is 0 Å². The highest BCUT2D eigenvalue weighted by atomic mass is 16.6. The number of carbonyl (C=O) groups is 4. The van der Waals surface area contributed by atoms with Crippen molar-refractivity contribution in [2.45, 2.75) is 81.9 Å². The highest BCUT2D eigenvalue weighted by Crippen LogP contribution is 2.54. The molecule has 6 rings (SSSR count). The molecule has 1 spiro atoms. The third-order valence-electron chi connectivity index (χ3n) is 10.7. The smallest absolute Gasteiger partial charge is 0.313 e. The van der Waals surface area contributed by atoms with Gasteiger partial charge < -0.3 is 29.3 Å². The second kappa shape index (κ2) is 14.7. The Labute approximate surface area is 288 Å². The number of aliphatic hydroxyl groups excluding tert-OH is 1. The Balaban J connectivity index is 1.45. The molecule has 4 heterocycles. The third kappa shape index (κ3) is 6.44. The van der Waals surface area contributed by atoms with Crippen molar-refractivity contribution < 1.29 is 33.8 Å². The first-order valence-electron chi connectivity index (χ1n) is 17.5. The van der Waals surface area contributed by atoms with Gasteiger partial charge in [-0.2, -0.15) is 0 Å². The lowest BCUT2D eigenvalue weighted by Gasteiger charge is -2.38. The second-order valence-corrected chi connectivity index (χ2v) is 13.6. The molecule has 0 saturated carbocycles. The molecule has 2 aromatic rings. The van der Waals surface area contributed by atoms with Gasteiger partial charge in [-0.25, -0.2) is 0 Å². The van der Waals surface area contributed by atoms with Gasteiger partial charge in [-0.1, -0.05) is 98.3 Å². The van der Waals surface area contributed by atoms with Crippen LogP contribution < -0.4 is 0 Å². The fraction of sp³-hybridized carbons (Fsp3) is 0.487. The molecule has 0 aromatic heterocycles. The molecule has 2 fully saturated rings. The van der Waals surface area contributed by atoms with Crippen molar-refractivity contribution in [1.29, 1.82) is 0 Å². The summed E-state index contributed by atoms with van der Waals surface area (Å²) in [6.45, 7) is 4.38. The van der Waals surface area contributed by atoms with Crippen LogP contribution in [0.5, 0.6) is 0 Å². The summed E-state index contributed by atoms with van der Waals surface area (Å²) in [4.78, 5) is 62.2. The number of benzene rings is 2. The molecule has 3 amide bonds. The molecule has 260 valence electrons. The average Bonchev–Trinajstić information content (AvgIpc) is 3.51. The van der Waals surface area contributed by atoms with E-state index in [4.69, 9.17) is 9.47 Å². The maximum Gasteiger partial charge on any atom is 0.313 e. The molecule has 49 heavy (non-hydrogen) atoms. The number of carbonyl (C=O) groups excluding carboxylic acids is 4. The SMILES string of the molecule is CCCCN1CC=C[C@]23O[C@@H]4/C=C\CCC(=O)N(C)[C@H](C)[C@@H](c5ccccc5)OC(=O)[C@@H]4[C@H]2C(=O)N([C@@H](CO)Cc2ccccc2)[C@@H]3C1=O. The van der Waals surface area contributed by atoms with Crippen LogP contribution >= 0.6 is 0 Å². The quantitative estimate of drug-likeness (QED) is 0.335. The number of ether oxygens (including phenoxy) is 2. The van der Waals surface area contributed by atoms with Gasteiger partial charge in [-0.05, 0) is 37.3 Å². The zero-order valence-electron chi connectivity index (χ0n) is 28.5. The normalized spacial score (nSPS) is 31.6.